The zero-order valence-corrected chi connectivity index (χ0v) is 13.1. The highest BCUT2D eigenvalue weighted by atomic mass is 79.9. The predicted molar refractivity (Wildman–Crippen MR) is 83.7 cm³/mol. The Morgan fingerprint density at radius 1 is 1.20 bits per heavy atom. The topological polar surface area (TPSA) is 21.3 Å². The Balaban J connectivity index is 2.26. The molecule has 1 atom stereocenters. The van der Waals surface area contributed by atoms with E-state index < -0.39 is 0 Å². The maximum absolute atomic E-state index is 13.0. The van der Waals surface area contributed by atoms with Crippen molar-refractivity contribution in [2.24, 2.45) is 0 Å². The number of hydrogen-bond acceptors (Lipinski definition) is 2. The van der Waals surface area contributed by atoms with Gasteiger partial charge in [-0.05, 0) is 42.3 Å². The summed E-state index contributed by atoms with van der Waals surface area (Å²) in [6, 6.07) is 12.5. The molecule has 0 heterocycles. The smallest absolute Gasteiger partial charge is 0.142 e. The molecule has 0 aliphatic heterocycles. The molecule has 0 aromatic heterocycles. The van der Waals surface area contributed by atoms with Crippen LogP contribution in [0.4, 0.5) is 10.1 Å². The summed E-state index contributed by atoms with van der Waals surface area (Å²) < 4.78 is 19.3. The second kappa shape index (κ2) is 6.75. The van der Waals surface area contributed by atoms with Crippen molar-refractivity contribution in [2.75, 3.05) is 12.4 Å². The highest BCUT2D eigenvalue weighted by Gasteiger charge is 2.12. The molecule has 0 bridgehead atoms. The molecule has 0 aliphatic rings. The first-order valence-corrected chi connectivity index (χ1v) is 7.29. The molecule has 1 unspecified atom stereocenters. The molecule has 0 saturated heterocycles. The van der Waals surface area contributed by atoms with Crippen LogP contribution in [0.25, 0.3) is 0 Å². The standard InChI is InChI=1S/C16H17BrFNO/c1-3-14(11-4-7-13(18)8-5-11)19-15-10-12(17)6-9-16(15)20-2/h4-10,14,19H,3H2,1-2H3. The van der Waals surface area contributed by atoms with Crippen molar-refractivity contribution in [3.8, 4) is 5.75 Å². The Morgan fingerprint density at radius 2 is 1.90 bits per heavy atom. The molecular weight excluding hydrogens is 321 g/mol. The Morgan fingerprint density at radius 3 is 2.50 bits per heavy atom. The molecule has 0 amide bonds. The first kappa shape index (κ1) is 14.9. The molecule has 2 aromatic carbocycles. The number of methoxy groups -OCH3 is 1. The molecule has 2 rings (SSSR count). The first-order valence-electron chi connectivity index (χ1n) is 6.49. The lowest BCUT2D eigenvalue weighted by molar-refractivity contribution is 0.416. The van der Waals surface area contributed by atoms with Gasteiger partial charge in [-0.2, -0.15) is 0 Å². The highest BCUT2D eigenvalue weighted by Crippen LogP contribution is 2.32. The van der Waals surface area contributed by atoms with E-state index in [9.17, 15) is 4.39 Å². The minimum atomic E-state index is -0.219. The van der Waals surface area contributed by atoms with Gasteiger partial charge < -0.3 is 10.1 Å². The van der Waals surface area contributed by atoms with Gasteiger partial charge in [0, 0.05) is 4.47 Å². The second-order valence-electron chi connectivity index (χ2n) is 4.50. The summed E-state index contributed by atoms with van der Waals surface area (Å²) >= 11 is 3.46. The van der Waals surface area contributed by atoms with Gasteiger partial charge in [0.1, 0.15) is 11.6 Å². The van der Waals surface area contributed by atoms with E-state index in [0.29, 0.717) is 0 Å². The first-order chi connectivity index (χ1) is 9.63. The number of rotatable bonds is 5. The summed E-state index contributed by atoms with van der Waals surface area (Å²) in [5, 5.41) is 3.45. The van der Waals surface area contributed by atoms with Gasteiger partial charge in [0.25, 0.3) is 0 Å². The maximum Gasteiger partial charge on any atom is 0.142 e. The Kier molecular flexibility index (Phi) is 5.01. The predicted octanol–water partition coefficient (Wildman–Crippen LogP) is 5.16. The van der Waals surface area contributed by atoms with E-state index in [2.05, 4.69) is 28.2 Å². The lowest BCUT2D eigenvalue weighted by Crippen LogP contribution is -2.10. The highest BCUT2D eigenvalue weighted by molar-refractivity contribution is 9.10. The van der Waals surface area contributed by atoms with Crippen molar-refractivity contribution >= 4 is 21.6 Å². The summed E-state index contributed by atoms with van der Waals surface area (Å²) in [5.74, 6) is 0.567. The third kappa shape index (κ3) is 3.51. The average Bonchev–Trinajstić information content (AvgIpc) is 2.46. The molecule has 0 aliphatic carbocycles. The summed E-state index contributed by atoms with van der Waals surface area (Å²) in [7, 11) is 1.65. The minimum Gasteiger partial charge on any atom is -0.495 e. The minimum absolute atomic E-state index is 0.110. The van der Waals surface area contributed by atoms with Gasteiger partial charge in [0.15, 0.2) is 0 Å². The number of benzene rings is 2. The molecule has 0 fully saturated rings. The van der Waals surface area contributed by atoms with Crippen molar-refractivity contribution in [1.29, 1.82) is 0 Å². The fraction of sp³-hybridized carbons (Fsp3) is 0.250. The van der Waals surface area contributed by atoms with E-state index in [-0.39, 0.29) is 11.9 Å². The maximum atomic E-state index is 13.0. The fourth-order valence-corrected chi connectivity index (χ4v) is 2.46. The van der Waals surface area contributed by atoms with E-state index in [0.717, 1.165) is 27.9 Å². The zero-order valence-electron chi connectivity index (χ0n) is 11.5. The van der Waals surface area contributed by atoms with Gasteiger partial charge in [0.2, 0.25) is 0 Å². The van der Waals surface area contributed by atoms with Crippen molar-refractivity contribution < 1.29 is 9.13 Å². The van der Waals surface area contributed by atoms with E-state index in [1.165, 1.54) is 12.1 Å². The van der Waals surface area contributed by atoms with E-state index in [1.54, 1.807) is 19.2 Å². The lowest BCUT2D eigenvalue weighted by atomic mass is 10.0. The van der Waals surface area contributed by atoms with Crippen LogP contribution in [-0.2, 0) is 0 Å². The van der Waals surface area contributed by atoms with Crippen molar-refractivity contribution in [2.45, 2.75) is 19.4 Å². The number of ether oxygens (including phenoxy) is 1. The lowest BCUT2D eigenvalue weighted by Gasteiger charge is -2.20. The zero-order chi connectivity index (χ0) is 14.5. The number of hydrogen-bond donors (Lipinski definition) is 1. The van der Waals surface area contributed by atoms with Gasteiger partial charge in [-0.15, -0.1) is 0 Å². The molecule has 106 valence electrons. The van der Waals surface area contributed by atoms with Gasteiger partial charge in [0.05, 0.1) is 18.8 Å². The molecule has 0 spiro atoms. The summed E-state index contributed by atoms with van der Waals surface area (Å²) in [6.07, 6.45) is 0.890. The Labute approximate surface area is 127 Å². The van der Waals surface area contributed by atoms with Crippen molar-refractivity contribution in [1.82, 2.24) is 0 Å². The second-order valence-corrected chi connectivity index (χ2v) is 5.42. The molecule has 0 saturated carbocycles. The van der Waals surface area contributed by atoms with Crippen LogP contribution < -0.4 is 10.1 Å². The Bertz CT molecular complexity index is 571. The van der Waals surface area contributed by atoms with Crippen LogP contribution in [-0.4, -0.2) is 7.11 Å². The third-order valence-electron chi connectivity index (χ3n) is 3.17. The normalized spacial score (nSPS) is 12.0. The van der Waals surface area contributed by atoms with Crippen LogP contribution in [0.2, 0.25) is 0 Å². The van der Waals surface area contributed by atoms with Crippen LogP contribution in [0.5, 0.6) is 5.75 Å². The fourth-order valence-electron chi connectivity index (χ4n) is 2.10. The monoisotopic (exact) mass is 337 g/mol. The molecular formula is C16H17BrFNO. The van der Waals surface area contributed by atoms with Gasteiger partial charge in [-0.1, -0.05) is 35.0 Å². The number of halogens is 2. The van der Waals surface area contributed by atoms with Crippen LogP contribution in [0, 0.1) is 5.82 Å². The number of anilines is 1. The van der Waals surface area contributed by atoms with Crippen LogP contribution in [0.1, 0.15) is 24.9 Å². The van der Waals surface area contributed by atoms with E-state index in [4.69, 9.17) is 4.74 Å². The summed E-state index contributed by atoms with van der Waals surface area (Å²) in [5.41, 5.74) is 1.97. The Hall–Kier alpha value is -1.55. The molecule has 20 heavy (non-hydrogen) atoms. The molecule has 0 radical (unpaired) electrons. The quantitative estimate of drug-likeness (QED) is 0.813. The van der Waals surface area contributed by atoms with Crippen molar-refractivity contribution in [3.63, 3.8) is 0 Å². The van der Waals surface area contributed by atoms with Crippen LogP contribution in [0.15, 0.2) is 46.9 Å². The third-order valence-corrected chi connectivity index (χ3v) is 3.67. The van der Waals surface area contributed by atoms with E-state index >= 15 is 0 Å². The van der Waals surface area contributed by atoms with Crippen molar-refractivity contribution in [3.05, 3.63) is 58.3 Å². The molecule has 2 aromatic rings. The van der Waals surface area contributed by atoms with E-state index in [1.807, 2.05) is 18.2 Å². The average molecular weight is 338 g/mol. The van der Waals surface area contributed by atoms with Gasteiger partial charge in [-0.25, -0.2) is 4.39 Å². The SMILES string of the molecule is CCC(Nc1cc(Br)ccc1OC)c1ccc(F)cc1. The molecule has 2 nitrogen and oxygen atoms in total. The summed E-state index contributed by atoms with van der Waals surface area (Å²) in [4.78, 5) is 0. The van der Waals surface area contributed by atoms with Gasteiger partial charge >= 0.3 is 0 Å². The summed E-state index contributed by atoms with van der Waals surface area (Å²) in [6.45, 7) is 2.09. The van der Waals surface area contributed by atoms with Crippen LogP contribution >= 0.6 is 15.9 Å². The molecule has 1 N–H and O–H groups in total. The van der Waals surface area contributed by atoms with Crippen LogP contribution in [0.3, 0.4) is 0 Å². The van der Waals surface area contributed by atoms with Gasteiger partial charge in [-0.3, -0.25) is 0 Å². The molecule has 4 heteroatoms. The largest absolute Gasteiger partial charge is 0.495 e. The number of nitrogens with one attached hydrogen (secondary N) is 1.